The molecule has 0 saturated carbocycles. The molecule has 114 valence electrons. The Balaban J connectivity index is 2.79. The van der Waals surface area contributed by atoms with Crippen molar-refractivity contribution < 1.29 is 4.74 Å². The van der Waals surface area contributed by atoms with Crippen molar-refractivity contribution in [1.29, 1.82) is 0 Å². The third-order valence-electron chi connectivity index (χ3n) is 3.73. The molecule has 2 nitrogen and oxygen atoms in total. The Bertz CT molecular complexity index is 389. The van der Waals surface area contributed by atoms with Crippen LogP contribution in [-0.4, -0.2) is 18.7 Å². The maximum Gasteiger partial charge on any atom is 0.122 e. The minimum absolute atomic E-state index is 0.252. The number of hydrogen-bond acceptors (Lipinski definition) is 2. The van der Waals surface area contributed by atoms with Gasteiger partial charge in [0, 0.05) is 6.04 Å². The fraction of sp³-hybridized carbons (Fsp3) is 0.667. The van der Waals surface area contributed by atoms with Gasteiger partial charge < -0.3 is 10.1 Å². The molecule has 0 aliphatic rings. The molecule has 0 radical (unpaired) electrons. The highest BCUT2D eigenvalue weighted by Crippen LogP contribution is 2.23. The van der Waals surface area contributed by atoms with E-state index in [4.69, 9.17) is 4.74 Å². The fourth-order valence-electron chi connectivity index (χ4n) is 2.51. The van der Waals surface area contributed by atoms with Gasteiger partial charge in [0.1, 0.15) is 11.9 Å². The normalized spacial score (nSPS) is 14.1. The minimum atomic E-state index is 0.252. The molecule has 2 atom stereocenters. The zero-order chi connectivity index (χ0) is 15.0. The van der Waals surface area contributed by atoms with Crippen LogP contribution in [0.15, 0.2) is 18.2 Å². The molecule has 0 saturated heterocycles. The van der Waals surface area contributed by atoms with Crippen LogP contribution in [0.25, 0.3) is 0 Å². The van der Waals surface area contributed by atoms with Gasteiger partial charge >= 0.3 is 0 Å². The average molecular weight is 277 g/mol. The van der Waals surface area contributed by atoms with Gasteiger partial charge in [0.15, 0.2) is 0 Å². The predicted octanol–water partition coefficient (Wildman–Crippen LogP) is 4.63. The van der Waals surface area contributed by atoms with E-state index in [0.29, 0.717) is 6.04 Å². The molecule has 2 heteroatoms. The number of rotatable bonds is 9. The van der Waals surface area contributed by atoms with Crippen LogP contribution in [0.1, 0.15) is 57.6 Å². The Morgan fingerprint density at radius 1 is 1.10 bits per heavy atom. The lowest BCUT2D eigenvalue weighted by molar-refractivity contribution is 0.141. The first-order valence-electron chi connectivity index (χ1n) is 8.09. The summed E-state index contributed by atoms with van der Waals surface area (Å²) in [6, 6.07) is 6.89. The van der Waals surface area contributed by atoms with E-state index in [-0.39, 0.29) is 6.10 Å². The summed E-state index contributed by atoms with van der Waals surface area (Å²) in [5.41, 5.74) is 2.48. The van der Waals surface area contributed by atoms with Gasteiger partial charge in [-0.25, -0.2) is 0 Å². The molecule has 0 spiro atoms. The maximum absolute atomic E-state index is 6.32. The molecule has 0 aliphatic heterocycles. The standard InChI is InChI=1S/C18H31NO/c1-6-9-16(19-12-7-2)17(8-3)20-18-13-14(4)10-11-15(18)5/h10-11,13,16-17,19H,6-9,12H2,1-5H3. The van der Waals surface area contributed by atoms with Gasteiger partial charge in [-0.05, 0) is 56.8 Å². The lowest BCUT2D eigenvalue weighted by Crippen LogP contribution is -2.43. The van der Waals surface area contributed by atoms with E-state index in [1.54, 1.807) is 0 Å². The van der Waals surface area contributed by atoms with E-state index < -0.39 is 0 Å². The second-order valence-corrected chi connectivity index (χ2v) is 5.68. The molecule has 0 heterocycles. The Kier molecular flexibility index (Phi) is 7.68. The molecular weight excluding hydrogens is 246 g/mol. The van der Waals surface area contributed by atoms with Crippen LogP contribution in [0.3, 0.4) is 0 Å². The van der Waals surface area contributed by atoms with Gasteiger partial charge in [-0.1, -0.05) is 39.3 Å². The van der Waals surface area contributed by atoms with Crippen LogP contribution in [0.4, 0.5) is 0 Å². The fourth-order valence-corrected chi connectivity index (χ4v) is 2.51. The zero-order valence-corrected chi connectivity index (χ0v) is 13.8. The smallest absolute Gasteiger partial charge is 0.122 e. The number of nitrogens with one attached hydrogen (secondary N) is 1. The van der Waals surface area contributed by atoms with Crippen molar-refractivity contribution in [3.8, 4) is 5.75 Å². The Labute approximate surface area is 124 Å². The van der Waals surface area contributed by atoms with Crippen molar-refractivity contribution in [1.82, 2.24) is 5.32 Å². The van der Waals surface area contributed by atoms with E-state index in [1.807, 2.05) is 0 Å². The molecule has 2 unspecified atom stereocenters. The third-order valence-corrected chi connectivity index (χ3v) is 3.73. The highest BCUT2D eigenvalue weighted by molar-refractivity contribution is 5.36. The van der Waals surface area contributed by atoms with E-state index in [1.165, 1.54) is 30.4 Å². The molecule has 0 aliphatic carbocycles. The SMILES string of the molecule is CCCNC(CCC)C(CC)Oc1cc(C)ccc1C. The minimum Gasteiger partial charge on any atom is -0.489 e. The van der Waals surface area contributed by atoms with Crippen LogP contribution < -0.4 is 10.1 Å². The lowest BCUT2D eigenvalue weighted by Gasteiger charge is -2.28. The van der Waals surface area contributed by atoms with Gasteiger partial charge in [-0.3, -0.25) is 0 Å². The van der Waals surface area contributed by atoms with E-state index in [9.17, 15) is 0 Å². The Hall–Kier alpha value is -1.02. The van der Waals surface area contributed by atoms with Gasteiger partial charge in [0.2, 0.25) is 0 Å². The Morgan fingerprint density at radius 3 is 2.45 bits per heavy atom. The van der Waals surface area contributed by atoms with Crippen LogP contribution >= 0.6 is 0 Å². The van der Waals surface area contributed by atoms with Crippen molar-refractivity contribution >= 4 is 0 Å². The second kappa shape index (κ2) is 9.02. The quantitative estimate of drug-likeness (QED) is 0.710. The van der Waals surface area contributed by atoms with Gasteiger partial charge in [-0.15, -0.1) is 0 Å². The van der Waals surface area contributed by atoms with E-state index >= 15 is 0 Å². The molecule has 0 aromatic heterocycles. The van der Waals surface area contributed by atoms with Crippen molar-refractivity contribution in [3.63, 3.8) is 0 Å². The van der Waals surface area contributed by atoms with Crippen molar-refractivity contribution in [2.75, 3.05) is 6.54 Å². The summed E-state index contributed by atoms with van der Waals surface area (Å²) in [5.74, 6) is 1.04. The summed E-state index contributed by atoms with van der Waals surface area (Å²) in [7, 11) is 0. The van der Waals surface area contributed by atoms with E-state index in [2.05, 4.69) is 58.1 Å². The molecule has 20 heavy (non-hydrogen) atoms. The molecule has 1 rings (SSSR count). The summed E-state index contributed by atoms with van der Waals surface area (Å²) in [5, 5.41) is 3.65. The molecule has 0 amide bonds. The third kappa shape index (κ3) is 5.16. The Morgan fingerprint density at radius 2 is 1.85 bits per heavy atom. The van der Waals surface area contributed by atoms with Gasteiger partial charge in [-0.2, -0.15) is 0 Å². The number of hydrogen-bond donors (Lipinski definition) is 1. The summed E-state index contributed by atoms with van der Waals surface area (Å²) in [6.45, 7) is 12.0. The summed E-state index contributed by atoms with van der Waals surface area (Å²) < 4.78 is 6.32. The van der Waals surface area contributed by atoms with Crippen LogP contribution in [0, 0.1) is 13.8 Å². The molecular formula is C18H31NO. The molecule has 1 aromatic rings. The number of aryl methyl sites for hydroxylation is 2. The largest absolute Gasteiger partial charge is 0.489 e. The van der Waals surface area contributed by atoms with Crippen molar-refractivity contribution in [2.24, 2.45) is 0 Å². The molecule has 1 aromatic carbocycles. The van der Waals surface area contributed by atoms with Crippen LogP contribution in [0.5, 0.6) is 5.75 Å². The summed E-state index contributed by atoms with van der Waals surface area (Å²) in [6.07, 6.45) is 4.81. The molecule has 0 bridgehead atoms. The first-order valence-corrected chi connectivity index (χ1v) is 8.09. The first kappa shape index (κ1) is 17.0. The number of benzene rings is 1. The summed E-state index contributed by atoms with van der Waals surface area (Å²) in [4.78, 5) is 0. The molecule has 0 fully saturated rings. The van der Waals surface area contributed by atoms with Crippen LogP contribution in [0.2, 0.25) is 0 Å². The van der Waals surface area contributed by atoms with Gasteiger partial charge in [0.25, 0.3) is 0 Å². The van der Waals surface area contributed by atoms with Gasteiger partial charge in [0.05, 0.1) is 0 Å². The predicted molar refractivity (Wildman–Crippen MR) is 87.6 cm³/mol. The highest BCUT2D eigenvalue weighted by Gasteiger charge is 2.21. The van der Waals surface area contributed by atoms with E-state index in [0.717, 1.165) is 18.7 Å². The van der Waals surface area contributed by atoms with Crippen LogP contribution in [-0.2, 0) is 0 Å². The highest BCUT2D eigenvalue weighted by atomic mass is 16.5. The van der Waals surface area contributed by atoms with Crippen molar-refractivity contribution in [3.05, 3.63) is 29.3 Å². The maximum atomic E-state index is 6.32. The number of ether oxygens (including phenoxy) is 1. The monoisotopic (exact) mass is 277 g/mol. The summed E-state index contributed by atoms with van der Waals surface area (Å²) >= 11 is 0. The lowest BCUT2D eigenvalue weighted by atomic mass is 10.0. The topological polar surface area (TPSA) is 21.3 Å². The van der Waals surface area contributed by atoms with Crippen molar-refractivity contribution in [2.45, 2.75) is 72.4 Å². The average Bonchev–Trinajstić information content (AvgIpc) is 2.44. The molecule has 1 N–H and O–H groups in total. The second-order valence-electron chi connectivity index (χ2n) is 5.68. The zero-order valence-electron chi connectivity index (χ0n) is 13.8. The first-order chi connectivity index (χ1) is 9.62.